The van der Waals surface area contributed by atoms with Crippen molar-refractivity contribution in [2.24, 2.45) is 57.7 Å². The van der Waals surface area contributed by atoms with Crippen LogP contribution in [0, 0.1) is 57.7 Å². The van der Waals surface area contributed by atoms with E-state index in [1.165, 1.54) is 82.6 Å². The van der Waals surface area contributed by atoms with E-state index in [1.807, 2.05) is 0 Å². The van der Waals surface area contributed by atoms with Crippen molar-refractivity contribution in [2.45, 2.75) is 125 Å². The van der Waals surface area contributed by atoms with E-state index in [9.17, 15) is 4.79 Å². The van der Waals surface area contributed by atoms with Gasteiger partial charge in [-0.15, -0.1) is 0 Å². The van der Waals surface area contributed by atoms with Crippen LogP contribution in [0.1, 0.15) is 125 Å². The molecule has 0 aromatic carbocycles. The van der Waals surface area contributed by atoms with Gasteiger partial charge in [0.2, 0.25) is 0 Å². The first-order valence-corrected chi connectivity index (χ1v) is 14.9. The Balaban J connectivity index is 1.36. The van der Waals surface area contributed by atoms with Crippen LogP contribution in [-0.4, -0.2) is 5.78 Å². The minimum absolute atomic E-state index is 0.0755. The first-order valence-electron chi connectivity index (χ1n) is 14.9. The van der Waals surface area contributed by atoms with Gasteiger partial charge in [0.15, 0.2) is 5.78 Å². The number of hydrogen-bond acceptors (Lipinski definition) is 1. The lowest BCUT2D eigenvalue weighted by molar-refractivity contribution is -0.157. The second-order valence-electron chi connectivity index (χ2n) is 14.6. The number of rotatable bonds is 5. The number of fused-ring (bicyclic) bond motifs is 6. The third kappa shape index (κ3) is 3.64. The zero-order valence-electron chi connectivity index (χ0n) is 22.7. The number of carbonyl (C=O) groups excluding carboxylic acids is 1. The molecule has 186 valence electrons. The molecule has 0 amide bonds. The van der Waals surface area contributed by atoms with E-state index in [1.54, 1.807) is 0 Å². The van der Waals surface area contributed by atoms with Gasteiger partial charge in [0.25, 0.3) is 0 Å². The summed E-state index contributed by atoms with van der Waals surface area (Å²) in [5, 5.41) is 0. The van der Waals surface area contributed by atoms with Crippen LogP contribution in [0.15, 0.2) is 11.6 Å². The predicted molar refractivity (Wildman–Crippen MR) is 139 cm³/mol. The lowest BCUT2D eigenvalue weighted by Crippen LogP contribution is -2.59. The van der Waals surface area contributed by atoms with Crippen molar-refractivity contribution in [1.82, 2.24) is 0 Å². The van der Waals surface area contributed by atoms with E-state index in [4.69, 9.17) is 0 Å². The van der Waals surface area contributed by atoms with Crippen LogP contribution in [0.4, 0.5) is 0 Å². The van der Waals surface area contributed by atoms with Crippen molar-refractivity contribution in [2.75, 3.05) is 0 Å². The van der Waals surface area contributed by atoms with Crippen molar-refractivity contribution in [3.05, 3.63) is 11.6 Å². The van der Waals surface area contributed by atoms with Crippen LogP contribution in [0.3, 0.4) is 0 Å². The van der Waals surface area contributed by atoms with Gasteiger partial charge in [-0.1, -0.05) is 66.9 Å². The van der Waals surface area contributed by atoms with E-state index in [2.05, 4.69) is 47.6 Å². The van der Waals surface area contributed by atoms with E-state index in [-0.39, 0.29) is 10.8 Å². The lowest BCUT2D eigenvalue weighted by atomic mass is 9.41. The normalized spacial score (nSPS) is 47.9. The first-order chi connectivity index (χ1) is 15.6. The van der Waals surface area contributed by atoms with Gasteiger partial charge in [0, 0.05) is 5.41 Å². The molecule has 0 heterocycles. The van der Waals surface area contributed by atoms with Gasteiger partial charge in [0.05, 0.1) is 0 Å². The Morgan fingerprint density at radius 2 is 1.73 bits per heavy atom. The number of ketones is 1. The molecule has 1 heteroatoms. The molecule has 9 atom stereocenters. The lowest BCUT2D eigenvalue weighted by Gasteiger charge is -2.62. The molecule has 1 nitrogen and oxygen atoms in total. The van der Waals surface area contributed by atoms with Crippen LogP contribution < -0.4 is 0 Å². The summed E-state index contributed by atoms with van der Waals surface area (Å²) in [7, 11) is 0. The molecule has 0 aromatic rings. The number of carbonyl (C=O) groups is 1. The standard InChI is InChI=1S/C32H52O/c1-21(2)10-9-11-22(3)25-15-16-26-24-14-13-23-20-30(4)18-8-7-12-28(30)29(33)32(23,6)27(24)17-19-31(25,26)5/h12,21-27H,7-11,13-20H2,1-6H3/t22-,23+,24+,25-,26+,27+,30+,31-,32+/m1/s1. The van der Waals surface area contributed by atoms with Crippen LogP contribution in [0.2, 0.25) is 0 Å². The number of hydrogen-bond donors (Lipinski definition) is 0. The third-order valence-electron chi connectivity index (χ3n) is 12.5. The molecule has 5 aliphatic carbocycles. The minimum Gasteiger partial charge on any atom is -0.294 e. The molecular weight excluding hydrogens is 400 g/mol. The summed E-state index contributed by atoms with van der Waals surface area (Å²) in [6.07, 6.45) is 19.8. The maximum absolute atomic E-state index is 14.2. The largest absolute Gasteiger partial charge is 0.294 e. The molecule has 33 heavy (non-hydrogen) atoms. The zero-order valence-corrected chi connectivity index (χ0v) is 22.7. The van der Waals surface area contributed by atoms with E-state index in [0.717, 1.165) is 36.0 Å². The summed E-state index contributed by atoms with van der Waals surface area (Å²) in [6.45, 7) is 14.9. The highest BCUT2D eigenvalue weighted by molar-refractivity contribution is 6.02. The molecule has 0 bridgehead atoms. The zero-order chi connectivity index (χ0) is 23.6. The van der Waals surface area contributed by atoms with E-state index >= 15 is 0 Å². The van der Waals surface area contributed by atoms with Crippen LogP contribution in [-0.2, 0) is 4.79 Å². The second kappa shape index (κ2) is 8.51. The molecule has 5 aliphatic rings. The summed E-state index contributed by atoms with van der Waals surface area (Å²) >= 11 is 0. The van der Waals surface area contributed by atoms with Crippen molar-refractivity contribution < 1.29 is 4.79 Å². The quantitative estimate of drug-likeness (QED) is 0.406. The van der Waals surface area contributed by atoms with Gasteiger partial charge in [-0.25, -0.2) is 0 Å². The van der Waals surface area contributed by atoms with Gasteiger partial charge in [-0.3, -0.25) is 4.79 Å². The highest BCUT2D eigenvalue weighted by Gasteiger charge is 2.64. The Labute approximate surface area is 204 Å². The fourth-order valence-corrected chi connectivity index (χ4v) is 10.7. The Bertz CT molecular complexity index is 792. The van der Waals surface area contributed by atoms with Gasteiger partial charge in [-0.2, -0.15) is 0 Å². The second-order valence-corrected chi connectivity index (χ2v) is 14.6. The van der Waals surface area contributed by atoms with Crippen molar-refractivity contribution >= 4 is 5.78 Å². The monoisotopic (exact) mass is 452 g/mol. The maximum Gasteiger partial charge on any atom is 0.165 e. The van der Waals surface area contributed by atoms with Gasteiger partial charge >= 0.3 is 0 Å². The molecule has 0 N–H and O–H groups in total. The molecule has 0 saturated heterocycles. The van der Waals surface area contributed by atoms with Crippen molar-refractivity contribution in [3.63, 3.8) is 0 Å². The SMILES string of the molecule is CC(C)CCC[C@@H](C)[C@H]1CC[C@H]2[C@@H]3CC[C@H]4C[C@]5(C)CCCC=C5C(=O)[C@]4(C)[C@H]3CC[C@]12C. The number of Topliss-reactive ketones (excluding diaryl/α,β-unsaturated/α-hetero) is 1. The van der Waals surface area contributed by atoms with Crippen molar-refractivity contribution in [3.8, 4) is 0 Å². The first kappa shape index (κ1) is 24.1. The molecule has 4 fully saturated rings. The highest BCUT2D eigenvalue weighted by Crippen LogP contribution is 2.69. The summed E-state index contributed by atoms with van der Waals surface area (Å²) in [5.74, 6) is 6.15. The van der Waals surface area contributed by atoms with Crippen LogP contribution in [0.25, 0.3) is 0 Å². The van der Waals surface area contributed by atoms with Gasteiger partial charge < -0.3 is 0 Å². The third-order valence-corrected chi connectivity index (χ3v) is 12.5. The minimum atomic E-state index is -0.0755. The average molecular weight is 453 g/mol. The highest BCUT2D eigenvalue weighted by atomic mass is 16.1. The maximum atomic E-state index is 14.2. The molecule has 0 aliphatic heterocycles. The Hall–Kier alpha value is -0.590. The summed E-state index contributed by atoms with van der Waals surface area (Å²) in [5.41, 5.74) is 1.88. The average Bonchev–Trinajstić information content (AvgIpc) is 3.12. The molecule has 0 unspecified atom stereocenters. The predicted octanol–water partition coefficient (Wildman–Crippen LogP) is 9.01. The Morgan fingerprint density at radius 3 is 2.48 bits per heavy atom. The van der Waals surface area contributed by atoms with E-state index < -0.39 is 0 Å². The van der Waals surface area contributed by atoms with E-state index in [0.29, 0.717) is 23.0 Å². The summed E-state index contributed by atoms with van der Waals surface area (Å²) < 4.78 is 0. The molecular formula is C32H52O. The topological polar surface area (TPSA) is 17.1 Å². The fraction of sp³-hybridized carbons (Fsp3) is 0.906. The fourth-order valence-electron chi connectivity index (χ4n) is 10.7. The molecule has 0 aromatic heterocycles. The van der Waals surface area contributed by atoms with Gasteiger partial charge in [-0.05, 0) is 122 Å². The summed E-state index contributed by atoms with van der Waals surface area (Å²) in [6, 6.07) is 0. The summed E-state index contributed by atoms with van der Waals surface area (Å²) in [4.78, 5) is 14.2. The smallest absolute Gasteiger partial charge is 0.165 e. The Kier molecular flexibility index (Phi) is 6.22. The molecule has 4 saturated carbocycles. The molecule has 0 radical (unpaired) electrons. The molecule has 0 spiro atoms. The van der Waals surface area contributed by atoms with Crippen LogP contribution >= 0.6 is 0 Å². The van der Waals surface area contributed by atoms with Crippen molar-refractivity contribution in [1.29, 1.82) is 0 Å². The van der Waals surface area contributed by atoms with Crippen LogP contribution in [0.5, 0.6) is 0 Å². The van der Waals surface area contributed by atoms with Gasteiger partial charge in [0.1, 0.15) is 0 Å². The number of allylic oxidation sites excluding steroid dienone is 2. The molecule has 5 rings (SSSR count). The Morgan fingerprint density at radius 1 is 0.939 bits per heavy atom.